The number of carbonyl (C=O) groups is 1. The van der Waals surface area contributed by atoms with E-state index in [1.165, 1.54) is 12.1 Å². The number of hydrogen-bond acceptors (Lipinski definition) is 4. The highest BCUT2D eigenvalue weighted by atomic mass is 19.1. The fourth-order valence-electron chi connectivity index (χ4n) is 3.42. The quantitative estimate of drug-likeness (QED) is 0.244. The molecule has 4 aromatic carbocycles. The monoisotopic (exact) mass is 456 g/mol. The maximum absolute atomic E-state index is 13.2. The maximum Gasteiger partial charge on any atom is 0.271 e. The maximum atomic E-state index is 13.2. The standard InChI is InChI=1S/C28H25FN2O3/c1-2-17-33-24-14-9-22(10-15-24)28(32)31-30-18-26-25-6-4-3-5-21(25)11-16-27(26)34-19-20-7-12-23(29)13-8-20/h3-16,18H,2,17,19H2,1H3,(H,31,32)/b30-18-. The highest BCUT2D eigenvalue weighted by Crippen LogP contribution is 2.27. The minimum absolute atomic E-state index is 0.276. The Labute approximate surface area is 197 Å². The minimum Gasteiger partial charge on any atom is -0.494 e. The summed E-state index contributed by atoms with van der Waals surface area (Å²) in [5, 5.41) is 6.14. The minimum atomic E-state index is -0.327. The Balaban J connectivity index is 1.50. The second-order valence-electron chi connectivity index (χ2n) is 7.69. The van der Waals surface area contributed by atoms with Gasteiger partial charge in [0.2, 0.25) is 0 Å². The molecule has 0 bridgehead atoms. The molecular formula is C28H25FN2O3. The summed E-state index contributed by atoms with van der Waals surface area (Å²) in [7, 11) is 0. The third kappa shape index (κ3) is 5.78. The van der Waals surface area contributed by atoms with Gasteiger partial charge >= 0.3 is 0 Å². The molecule has 0 aromatic heterocycles. The van der Waals surface area contributed by atoms with E-state index in [2.05, 4.69) is 10.5 Å². The Bertz CT molecular complexity index is 1290. The molecule has 0 aliphatic rings. The SMILES string of the molecule is CCCOc1ccc(C(=O)N/N=C\c2c(OCc3ccc(F)cc3)ccc3ccccc23)cc1. The molecule has 1 amide bonds. The van der Waals surface area contributed by atoms with Gasteiger partial charge in [0.15, 0.2) is 0 Å². The summed E-state index contributed by atoms with van der Waals surface area (Å²) < 4.78 is 24.8. The summed E-state index contributed by atoms with van der Waals surface area (Å²) in [6, 6.07) is 24.8. The largest absolute Gasteiger partial charge is 0.494 e. The van der Waals surface area contributed by atoms with Gasteiger partial charge in [-0.25, -0.2) is 9.82 Å². The second-order valence-corrected chi connectivity index (χ2v) is 7.69. The molecule has 172 valence electrons. The molecule has 0 saturated carbocycles. The van der Waals surface area contributed by atoms with Crippen molar-refractivity contribution >= 4 is 22.9 Å². The van der Waals surface area contributed by atoms with Gasteiger partial charge in [-0.2, -0.15) is 5.10 Å². The number of nitrogens with one attached hydrogen (secondary N) is 1. The van der Waals surface area contributed by atoms with Gasteiger partial charge < -0.3 is 9.47 Å². The van der Waals surface area contributed by atoms with Crippen LogP contribution >= 0.6 is 0 Å². The average Bonchev–Trinajstić information content (AvgIpc) is 2.88. The van der Waals surface area contributed by atoms with Crippen molar-refractivity contribution in [3.63, 3.8) is 0 Å². The van der Waals surface area contributed by atoms with Crippen molar-refractivity contribution in [3.8, 4) is 11.5 Å². The van der Waals surface area contributed by atoms with E-state index in [0.29, 0.717) is 17.9 Å². The molecule has 0 atom stereocenters. The number of ether oxygens (including phenoxy) is 2. The number of hydrazone groups is 1. The van der Waals surface area contributed by atoms with Crippen LogP contribution in [0.2, 0.25) is 0 Å². The van der Waals surface area contributed by atoms with Crippen LogP contribution in [-0.2, 0) is 6.61 Å². The zero-order valence-electron chi connectivity index (χ0n) is 18.8. The van der Waals surface area contributed by atoms with Crippen LogP contribution in [0.15, 0.2) is 90.0 Å². The molecule has 34 heavy (non-hydrogen) atoms. The first-order valence-electron chi connectivity index (χ1n) is 11.1. The summed E-state index contributed by atoms with van der Waals surface area (Å²) in [4.78, 5) is 12.5. The van der Waals surface area contributed by atoms with Gasteiger partial charge in [-0.05, 0) is 65.2 Å². The van der Waals surface area contributed by atoms with Gasteiger partial charge in [0, 0.05) is 11.1 Å². The molecule has 0 aliphatic heterocycles. The number of hydrogen-bond donors (Lipinski definition) is 1. The first kappa shape index (κ1) is 23.0. The smallest absolute Gasteiger partial charge is 0.271 e. The molecule has 0 aliphatic carbocycles. The highest BCUT2D eigenvalue weighted by molar-refractivity contribution is 6.03. The number of benzene rings is 4. The summed E-state index contributed by atoms with van der Waals surface area (Å²) in [5.74, 6) is 0.715. The average molecular weight is 457 g/mol. The van der Waals surface area contributed by atoms with Crippen LogP contribution in [0.4, 0.5) is 4.39 Å². The van der Waals surface area contributed by atoms with Crippen molar-refractivity contribution in [2.24, 2.45) is 5.10 Å². The summed E-state index contributed by atoms with van der Waals surface area (Å²) in [6.07, 6.45) is 2.50. The molecule has 0 radical (unpaired) electrons. The highest BCUT2D eigenvalue weighted by Gasteiger charge is 2.09. The fraction of sp³-hybridized carbons (Fsp3) is 0.143. The Morgan fingerprint density at radius 2 is 1.71 bits per heavy atom. The van der Waals surface area contributed by atoms with E-state index in [1.807, 2.05) is 43.3 Å². The number of amides is 1. The van der Waals surface area contributed by atoms with Gasteiger partial charge in [0.1, 0.15) is 23.9 Å². The first-order valence-corrected chi connectivity index (χ1v) is 11.1. The summed E-state index contributed by atoms with van der Waals surface area (Å²) in [5.41, 5.74) is 4.64. The Kier molecular flexibility index (Phi) is 7.50. The molecule has 6 heteroatoms. The molecule has 5 nitrogen and oxygen atoms in total. The molecule has 0 fully saturated rings. The molecule has 1 N–H and O–H groups in total. The van der Waals surface area contributed by atoms with Crippen LogP contribution in [0.5, 0.6) is 11.5 Å². The lowest BCUT2D eigenvalue weighted by atomic mass is 10.0. The van der Waals surface area contributed by atoms with Crippen molar-refractivity contribution in [2.45, 2.75) is 20.0 Å². The van der Waals surface area contributed by atoms with Crippen LogP contribution in [0.3, 0.4) is 0 Å². The van der Waals surface area contributed by atoms with Crippen molar-refractivity contribution < 1.29 is 18.7 Å². The van der Waals surface area contributed by atoms with E-state index < -0.39 is 0 Å². The van der Waals surface area contributed by atoms with Crippen LogP contribution in [0, 0.1) is 5.82 Å². The van der Waals surface area contributed by atoms with Crippen molar-refractivity contribution in [1.82, 2.24) is 5.43 Å². The fourth-order valence-corrected chi connectivity index (χ4v) is 3.42. The topological polar surface area (TPSA) is 59.9 Å². The Morgan fingerprint density at radius 3 is 2.47 bits per heavy atom. The van der Waals surface area contributed by atoms with E-state index in [1.54, 1.807) is 42.6 Å². The van der Waals surface area contributed by atoms with Crippen molar-refractivity contribution in [2.75, 3.05) is 6.61 Å². The molecule has 4 aromatic rings. The van der Waals surface area contributed by atoms with Crippen molar-refractivity contribution in [1.29, 1.82) is 0 Å². The van der Waals surface area contributed by atoms with Crippen LogP contribution in [-0.4, -0.2) is 18.7 Å². The summed E-state index contributed by atoms with van der Waals surface area (Å²) in [6.45, 7) is 2.94. The molecular weight excluding hydrogens is 431 g/mol. The zero-order valence-corrected chi connectivity index (χ0v) is 18.8. The lowest BCUT2D eigenvalue weighted by Crippen LogP contribution is -2.17. The van der Waals surface area contributed by atoms with Gasteiger partial charge in [-0.3, -0.25) is 4.79 Å². The van der Waals surface area contributed by atoms with Crippen LogP contribution in [0.1, 0.15) is 34.8 Å². The second kappa shape index (κ2) is 11.1. The predicted molar refractivity (Wildman–Crippen MR) is 132 cm³/mol. The number of nitrogens with zero attached hydrogens (tertiary/aromatic N) is 1. The number of fused-ring (bicyclic) bond motifs is 1. The lowest BCUT2D eigenvalue weighted by Gasteiger charge is -2.12. The third-order valence-electron chi connectivity index (χ3n) is 5.19. The number of rotatable bonds is 9. The van der Waals surface area contributed by atoms with Crippen LogP contribution in [0.25, 0.3) is 10.8 Å². The Morgan fingerprint density at radius 1 is 0.941 bits per heavy atom. The third-order valence-corrected chi connectivity index (χ3v) is 5.19. The molecule has 4 rings (SSSR count). The lowest BCUT2D eigenvalue weighted by molar-refractivity contribution is 0.0955. The van der Waals surface area contributed by atoms with Gasteiger partial charge in [-0.15, -0.1) is 0 Å². The van der Waals surface area contributed by atoms with Gasteiger partial charge in [0.25, 0.3) is 5.91 Å². The van der Waals surface area contributed by atoms with Crippen LogP contribution < -0.4 is 14.9 Å². The van der Waals surface area contributed by atoms with E-state index in [9.17, 15) is 9.18 Å². The number of halogens is 1. The normalized spacial score (nSPS) is 11.0. The zero-order chi connectivity index (χ0) is 23.8. The van der Waals surface area contributed by atoms with Gasteiger partial charge in [-0.1, -0.05) is 49.4 Å². The van der Waals surface area contributed by atoms with E-state index >= 15 is 0 Å². The predicted octanol–water partition coefficient (Wildman–Crippen LogP) is 6.11. The molecule has 0 saturated heterocycles. The van der Waals surface area contributed by atoms with Gasteiger partial charge in [0.05, 0.1) is 12.8 Å². The molecule has 0 spiro atoms. The van der Waals surface area contributed by atoms with E-state index in [4.69, 9.17) is 9.47 Å². The first-order chi connectivity index (χ1) is 16.6. The van der Waals surface area contributed by atoms with E-state index in [0.717, 1.165) is 34.1 Å². The molecule has 0 heterocycles. The Hall–Kier alpha value is -4.19. The summed E-state index contributed by atoms with van der Waals surface area (Å²) >= 11 is 0. The molecule has 0 unspecified atom stereocenters. The number of carbonyl (C=O) groups excluding carboxylic acids is 1. The van der Waals surface area contributed by atoms with E-state index in [-0.39, 0.29) is 18.3 Å². The van der Waals surface area contributed by atoms with Crippen molar-refractivity contribution in [3.05, 3.63) is 107 Å².